The van der Waals surface area contributed by atoms with Gasteiger partial charge in [-0.1, -0.05) is 16.6 Å². The van der Waals surface area contributed by atoms with E-state index >= 15 is 0 Å². The van der Waals surface area contributed by atoms with Crippen LogP contribution in [0.3, 0.4) is 0 Å². The van der Waals surface area contributed by atoms with Crippen LogP contribution in [0.2, 0.25) is 0 Å². The molecule has 12 nitrogen and oxygen atoms in total. The van der Waals surface area contributed by atoms with Gasteiger partial charge >= 0.3 is 0 Å². The number of likely N-dealkylation sites (N-methyl/N-ethyl adjacent to an activating group) is 8. The molecule has 4 saturated heterocycles. The standard InChI is InChI=1S/C18H40N12/c1-23-9-13(27(5)19-23)17(14-10-24(2)20-28(14)6)18(15-11-25(3)21-29(15)7)16-12-26(4)22-30(16)8/h13-16,19-22H,9-12H2,1-8H3/p+4. The van der Waals surface area contributed by atoms with Gasteiger partial charge in [-0.2, -0.15) is 20.6 Å². The molecule has 4 aliphatic heterocycles. The predicted octanol–water partition coefficient (Wildman–Crippen LogP) is -8.33. The molecular formula is C18H44N12+4. The molecule has 30 heavy (non-hydrogen) atoms. The Morgan fingerprint density at radius 1 is 0.667 bits per heavy atom. The highest BCUT2D eigenvalue weighted by atomic mass is 15.8. The second-order valence-electron chi connectivity index (χ2n) is 9.83. The van der Waals surface area contributed by atoms with Gasteiger partial charge in [0.25, 0.3) is 0 Å². The Labute approximate surface area is 180 Å². The van der Waals surface area contributed by atoms with Gasteiger partial charge in [0.15, 0.2) is 0 Å². The second-order valence-corrected chi connectivity index (χ2v) is 9.83. The molecule has 0 saturated carbocycles. The third-order valence-corrected chi connectivity index (χ3v) is 7.19. The molecule has 12 heteroatoms. The fraction of sp³-hybridized carbons (Fsp3) is 0.889. The summed E-state index contributed by atoms with van der Waals surface area (Å²) in [5.41, 5.74) is 16.2. The Balaban J connectivity index is 1.85. The number of hydrogen-bond donors (Lipinski definition) is 7. The first-order valence-corrected chi connectivity index (χ1v) is 11.1. The lowest BCUT2D eigenvalue weighted by Crippen LogP contribution is -3.21. The van der Waals surface area contributed by atoms with E-state index in [1.54, 1.807) is 11.1 Å². The summed E-state index contributed by atoms with van der Waals surface area (Å²) < 4.78 is 0. The van der Waals surface area contributed by atoms with Crippen molar-refractivity contribution in [3.05, 3.63) is 11.1 Å². The van der Waals surface area contributed by atoms with Crippen molar-refractivity contribution >= 4 is 0 Å². The third kappa shape index (κ3) is 4.16. The summed E-state index contributed by atoms with van der Waals surface area (Å²) in [6.45, 7) is 4.09. The number of quaternary nitrogens is 4. The van der Waals surface area contributed by atoms with E-state index in [1.807, 2.05) is 0 Å². The monoisotopic (exact) mass is 428 g/mol. The molecule has 4 fully saturated rings. The van der Waals surface area contributed by atoms with Gasteiger partial charge < -0.3 is 0 Å². The van der Waals surface area contributed by atoms with Crippen LogP contribution in [0.25, 0.3) is 0 Å². The van der Waals surface area contributed by atoms with Gasteiger partial charge in [0.2, 0.25) is 0 Å². The number of nitrogens with zero attached hydrogens (tertiary/aromatic N) is 5. The summed E-state index contributed by atoms with van der Waals surface area (Å²) in [5.74, 6) is 0. The topological polar surface area (TPSA) is 82.2 Å². The average Bonchev–Trinajstić information content (AvgIpc) is 3.34. The van der Waals surface area contributed by atoms with Crippen molar-refractivity contribution in [2.75, 3.05) is 82.6 Å². The van der Waals surface area contributed by atoms with Crippen molar-refractivity contribution in [2.24, 2.45) is 0 Å². The Morgan fingerprint density at radius 2 is 1.07 bits per heavy atom. The Hall–Kier alpha value is -0.740. The minimum absolute atomic E-state index is 0.385. The molecule has 0 aromatic carbocycles. The van der Waals surface area contributed by atoms with Crippen molar-refractivity contribution in [1.29, 1.82) is 0 Å². The predicted molar refractivity (Wildman–Crippen MR) is 112 cm³/mol. The van der Waals surface area contributed by atoms with E-state index in [0.717, 1.165) is 26.2 Å². The number of nitrogens with two attached hydrogens (primary N) is 1. The highest BCUT2D eigenvalue weighted by Gasteiger charge is 2.51. The molecule has 0 amide bonds. The molecule has 4 aliphatic rings. The average molecular weight is 429 g/mol. The highest BCUT2D eigenvalue weighted by molar-refractivity contribution is 5.32. The Morgan fingerprint density at radius 3 is 1.37 bits per heavy atom. The van der Waals surface area contributed by atoms with Gasteiger partial charge in [0, 0.05) is 40.8 Å². The summed E-state index contributed by atoms with van der Waals surface area (Å²) in [6.07, 6.45) is 0. The lowest BCUT2D eigenvalue weighted by molar-refractivity contribution is -0.956. The molecular weight excluding hydrogens is 384 g/mol. The second kappa shape index (κ2) is 8.65. The summed E-state index contributed by atoms with van der Waals surface area (Å²) >= 11 is 0. The molecule has 7 unspecified atom stereocenters. The van der Waals surface area contributed by atoms with Crippen LogP contribution in [0.1, 0.15) is 0 Å². The first-order chi connectivity index (χ1) is 14.2. The SMILES string of the molecule is CN1CC(C(=C(C2CN(C)N[NH+]2C)C2CN(C)N[NH+]2C)C2CN(C)[NH2+]N2C)[NH+](C)N1. The van der Waals surface area contributed by atoms with Crippen LogP contribution in [-0.2, 0) is 0 Å². The fourth-order valence-electron chi connectivity index (χ4n) is 5.93. The zero-order valence-electron chi connectivity index (χ0n) is 20.0. The lowest BCUT2D eigenvalue weighted by atomic mass is 9.84. The summed E-state index contributed by atoms with van der Waals surface area (Å²) in [5, 5.41) is 15.6. The van der Waals surface area contributed by atoms with E-state index < -0.39 is 0 Å². The minimum Gasteiger partial charge on any atom is -0.238 e. The molecule has 4 heterocycles. The first kappa shape index (κ1) is 22.5. The molecule has 0 bridgehead atoms. The van der Waals surface area contributed by atoms with Crippen molar-refractivity contribution < 1.29 is 20.6 Å². The lowest BCUT2D eigenvalue weighted by Gasteiger charge is -2.31. The van der Waals surface area contributed by atoms with Crippen LogP contribution in [0.4, 0.5) is 0 Å². The number of rotatable bonds is 4. The maximum Gasteiger partial charge on any atom is 0.148 e. The maximum absolute atomic E-state index is 3.58. The number of hydrogen-bond acceptors (Lipinski definition) is 8. The van der Waals surface area contributed by atoms with Crippen LogP contribution in [0.5, 0.6) is 0 Å². The van der Waals surface area contributed by atoms with Crippen LogP contribution >= 0.6 is 0 Å². The van der Waals surface area contributed by atoms with Crippen molar-refractivity contribution in [3.63, 3.8) is 0 Å². The molecule has 172 valence electrons. The quantitative estimate of drug-likeness (QED) is 0.176. The van der Waals surface area contributed by atoms with E-state index in [2.05, 4.69) is 104 Å². The van der Waals surface area contributed by atoms with E-state index in [-0.39, 0.29) is 0 Å². The Kier molecular flexibility index (Phi) is 6.48. The highest BCUT2D eigenvalue weighted by Crippen LogP contribution is 2.24. The normalized spacial score (nSPS) is 42.6. The third-order valence-electron chi connectivity index (χ3n) is 7.19. The van der Waals surface area contributed by atoms with Crippen LogP contribution in [0.15, 0.2) is 11.1 Å². The first-order valence-electron chi connectivity index (χ1n) is 11.1. The van der Waals surface area contributed by atoms with Gasteiger partial charge in [-0.25, -0.2) is 15.0 Å². The molecule has 8 N–H and O–H groups in total. The fourth-order valence-corrected chi connectivity index (χ4v) is 5.93. The zero-order chi connectivity index (χ0) is 21.7. The van der Waals surface area contributed by atoms with Crippen molar-refractivity contribution in [3.8, 4) is 0 Å². The van der Waals surface area contributed by atoms with Crippen molar-refractivity contribution in [2.45, 2.75) is 24.2 Å². The van der Waals surface area contributed by atoms with Crippen LogP contribution in [-0.4, -0.2) is 132 Å². The summed E-state index contributed by atoms with van der Waals surface area (Å²) in [4.78, 5) is 0. The van der Waals surface area contributed by atoms with E-state index in [0.29, 0.717) is 24.2 Å². The molecule has 0 aromatic rings. The zero-order valence-corrected chi connectivity index (χ0v) is 20.0. The molecule has 4 rings (SSSR count). The maximum atomic E-state index is 3.58. The smallest absolute Gasteiger partial charge is 0.148 e. The van der Waals surface area contributed by atoms with E-state index in [1.165, 1.54) is 15.0 Å². The largest absolute Gasteiger partial charge is 0.238 e. The minimum atomic E-state index is 0.385. The number of nitrogens with one attached hydrogen (secondary N) is 6. The van der Waals surface area contributed by atoms with Crippen molar-refractivity contribution in [1.82, 2.24) is 41.6 Å². The molecule has 0 radical (unpaired) electrons. The molecule has 7 atom stereocenters. The van der Waals surface area contributed by atoms with Crippen LogP contribution in [0, 0.1) is 0 Å². The van der Waals surface area contributed by atoms with Gasteiger partial charge in [-0.05, 0) is 0 Å². The van der Waals surface area contributed by atoms with Gasteiger partial charge in [0.05, 0.1) is 52.9 Å². The van der Waals surface area contributed by atoms with Crippen LogP contribution < -0.4 is 37.2 Å². The molecule has 0 spiro atoms. The molecule has 0 aliphatic carbocycles. The van der Waals surface area contributed by atoms with E-state index in [4.69, 9.17) is 0 Å². The molecule has 0 aromatic heterocycles. The van der Waals surface area contributed by atoms with Gasteiger partial charge in [-0.15, -0.1) is 10.0 Å². The Bertz CT molecular complexity index is 551. The van der Waals surface area contributed by atoms with Gasteiger partial charge in [0.1, 0.15) is 24.2 Å². The van der Waals surface area contributed by atoms with E-state index in [9.17, 15) is 0 Å². The summed E-state index contributed by atoms with van der Waals surface area (Å²) in [7, 11) is 17.7. The van der Waals surface area contributed by atoms with Gasteiger partial charge in [-0.3, -0.25) is 0 Å². The summed E-state index contributed by atoms with van der Waals surface area (Å²) in [6, 6.07) is 1.62. The number of hydrazine groups is 3.